The molecule has 1 rings (SSSR count). The first-order valence-corrected chi connectivity index (χ1v) is 4.43. The Morgan fingerprint density at radius 1 is 1.31 bits per heavy atom. The standard InChI is InChI=1S/C7H4Cl2O3.BH3O3/c8-5-3-1-2-4(7(10)11)6(5)12-9;2-1(3)4/h1-3H,(H,10,11);2-4H. The summed E-state index contributed by atoms with van der Waals surface area (Å²) in [6.45, 7) is 0. The van der Waals surface area contributed by atoms with Crippen LogP contribution in [0.3, 0.4) is 0 Å². The first-order valence-electron chi connectivity index (χ1n) is 3.74. The van der Waals surface area contributed by atoms with E-state index in [1.807, 2.05) is 0 Å². The number of rotatable bonds is 2. The molecule has 0 fully saturated rings. The lowest BCUT2D eigenvalue weighted by molar-refractivity contribution is 0.0695. The average molecular weight is 269 g/mol. The van der Waals surface area contributed by atoms with E-state index in [0.717, 1.165) is 0 Å². The molecule has 16 heavy (non-hydrogen) atoms. The van der Waals surface area contributed by atoms with Crippen LogP contribution in [0, 0.1) is 0 Å². The third-order valence-corrected chi connectivity index (χ3v) is 1.73. The molecule has 0 saturated carbocycles. The van der Waals surface area contributed by atoms with Gasteiger partial charge in [-0.05, 0) is 12.1 Å². The van der Waals surface area contributed by atoms with E-state index in [-0.39, 0.29) is 16.3 Å². The molecule has 0 heterocycles. The summed E-state index contributed by atoms with van der Waals surface area (Å²) in [4.78, 5) is 10.5. The third kappa shape index (κ3) is 5.20. The van der Waals surface area contributed by atoms with E-state index >= 15 is 0 Å². The fraction of sp³-hybridized carbons (Fsp3) is 0. The Morgan fingerprint density at radius 3 is 2.12 bits per heavy atom. The van der Waals surface area contributed by atoms with Gasteiger partial charge in [0, 0.05) is 0 Å². The van der Waals surface area contributed by atoms with Crippen LogP contribution in [0.15, 0.2) is 18.2 Å². The molecule has 0 radical (unpaired) electrons. The molecule has 0 atom stereocenters. The Labute approximate surface area is 101 Å². The number of carbonyl (C=O) groups is 1. The topological polar surface area (TPSA) is 107 Å². The highest BCUT2D eigenvalue weighted by Crippen LogP contribution is 2.29. The number of hydrogen-bond donors (Lipinski definition) is 4. The summed E-state index contributed by atoms with van der Waals surface area (Å²) in [5, 5.41) is 30.3. The summed E-state index contributed by atoms with van der Waals surface area (Å²) < 4.78 is 4.30. The molecular weight excluding hydrogens is 262 g/mol. The van der Waals surface area contributed by atoms with Gasteiger partial charge in [0.2, 0.25) is 0 Å². The van der Waals surface area contributed by atoms with E-state index in [1.165, 1.54) is 18.2 Å². The lowest BCUT2D eigenvalue weighted by atomic mass is 10.2. The van der Waals surface area contributed by atoms with Crippen LogP contribution in [-0.4, -0.2) is 33.5 Å². The van der Waals surface area contributed by atoms with Crippen molar-refractivity contribution in [1.29, 1.82) is 0 Å². The Morgan fingerprint density at radius 2 is 1.81 bits per heavy atom. The van der Waals surface area contributed by atoms with Gasteiger partial charge in [0.25, 0.3) is 0 Å². The Balaban J connectivity index is 0.000000487. The normalized spacial score (nSPS) is 8.81. The summed E-state index contributed by atoms with van der Waals surface area (Å²) in [5.41, 5.74) is -0.0579. The highest BCUT2D eigenvalue weighted by Gasteiger charge is 2.13. The summed E-state index contributed by atoms with van der Waals surface area (Å²) in [7, 11) is -2.17. The van der Waals surface area contributed by atoms with Crippen LogP contribution >= 0.6 is 23.5 Å². The molecule has 0 unspecified atom stereocenters. The van der Waals surface area contributed by atoms with Crippen molar-refractivity contribution in [2.45, 2.75) is 0 Å². The fourth-order valence-electron chi connectivity index (χ4n) is 0.756. The highest BCUT2D eigenvalue weighted by atomic mass is 35.5. The van der Waals surface area contributed by atoms with Crippen molar-refractivity contribution in [3.63, 3.8) is 0 Å². The number of aromatic carboxylic acids is 1. The maximum atomic E-state index is 10.5. The molecule has 1 aromatic carbocycles. The van der Waals surface area contributed by atoms with Gasteiger partial charge in [-0.25, -0.2) is 4.79 Å². The number of para-hydroxylation sites is 1. The van der Waals surface area contributed by atoms with Gasteiger partial charge in [-0.15, -0.1) is 0 Å². The molecule has 4 N–H and O–H groups in total. The van der Waals surface area contributed by atoms with Crippen molar-refractivity contribution in [2.75, 3.05) is 0 Å². The van der Waals surface area contributed by atoms with Gasteiger partial charge in [0.15, 0.2) is 5.75 Å². The smallest absolute Gasteiger partial charge is 0.478 e. The summed E-state index contributed by atoms with van der Waals surface area (Å²) >= 11 is 10.6. The van der Waals surface area contributed by atoms with Crippen molar-refractivity contribution in [3.05, 3.63) is 28.8 Å². The Kier molecular flexibility index (Phi) is 6.86. The maximum absolute atomic E-state index is 10.5. The summed E-state index contributed by atoms with van der Waals surface area (Å²) in [6.07, 6.45) is 0. The van der Waals surface area contributed by atoms with Gasteiger partial charge < -0.3 is 24.5 Å². The van der Waals surface area contributed by atoms with Crippen molar-refractivity contribution in [1.82, 2.24) is 0 Å². The lowest BCUT2D eigenvalue weighted by Crippen LogP contribution is -2.07. The first-order chi connectivity index (χ1) is 7.40. The molecule has 88 valence electrons. The Hall–Kier alpha value is -0.985. The number of benzene rings is 1. The van der Waals surface area contributed by atoms with E-state index in [2.05, 4.69) is 4.29 Å². The molecule has 0 amide bonds. The molecule has 0 aliphatic rings. The average Bonchev–Trinajstić information content (AvgIpc) is 2.16. The molecule has 0 bridgehead atoms. The van der Waals surface area contributed by atoms with Crippen LogP contribution < -0.4 is 4.29 Å². The van der Waals surface area contributed by atoms with Crippen LogP contribution in [0.2, 0.25) is 5.02 Å². The lowest BCUT2D eigenvalue weighted by Gasteiger charge is -2.02. The van der Waals surface area contributed by atoms with Crippen LogP contribution in [-0.2, 0) is 0 Å². The minimum Gasteiger partial charge on any atom is -0.478 e. The van der Waals surface area contributed by atoms with Crippen LogP contribution in [0.25, 0.3) is 0 Å². The zero-order valence-electron chi connectivity index (χ0n) is 7.67. The molecule has 0 spiro atoms. The molecule has 0 aliphatic carbocycles. The quantitative estimate of drug-likeness (QED) is 0.583. The molecular formula is C7H7BCl2O6. The first kappa shape index (κ1) is 15.0. The predicted molar refractivity (Wildman–Crippen MR) is 57.3 cm³/mol. The van der Waals surface area contributed by atoms with Gasteiger partial charge in [0.1, 0.15) is 17.4 Å². The number of halogens is 2. The van der Waals surface area contributed by atoms with E-state index in [0.29, 0.717) is 0 Å². The van der Waals surface area contributed by atoms with Crippen molar-refractivity contribution in [3.8, 4) is 5.75 Å². The minimum atomic E-state index is -2.17. The number of carboxylic acids is 1. The maximum Gasteiger partial charge on any atom is 0.631 e. The van der Waals surface area contributed by atoms with E-state index in [1.54, 1.807) is 0 Å². The van der Waals surface area contributed by atoms with Crippen LogP contribution in [0.5, 0.6) is 5.75 Å². The summed E-state index contributed by atoms with van der Waals surface area (Å²) in [5.74, 6) is -1.17. The molecule has 0 aromatic heterocycles. The monoisotopic (exact) mass is 268 g/mol. The van der Waals surface area contributed by atoms with E-state index in [4.69, 9.17) is 43.6 Å². The molecule has 9 heteroatoms. The molecule has 0 aliphatic heterocycles. The van der Waals surface area contributed by atoms with Gasteiger partial charge in [0.05, 0.1) is 5.02 Å². The SMILES string of the molecule is O=C(O)c1cccc(Cl)c1OCl.OB(O)O. The highest BCUT2D eigenvalue weighted by molar-refractivity contribution is 6.33. The van der Waals surface area contributed by atoms with Crippen molar-refractivity contribution >= 4 is 36.8 Å². The van der Waals surface area contributed by atoms with E-state index < -0.39 is 13.3 Å². The van der Waals surface area contributed by atoms with Crippen molar-refractivity contribution in [2.24, 2.45) is 0 Å². The predicted octanol–water partition coefficient (Wildman–Crippen LogP) is 0.519. The van der Waals surface area contributed by atoms with Gasteiger partial charge in [-0.1, -0.05) is 17.7 Å². The largest absolute Gasteiger partial charge is 0.631 e. The number of hydrogen-bond acceptors (Lipinski definition) is 5. The zero-order chi connectivity index (χ0) is 12.7. The summed E-state index contributed by atoms with van der Waals surface area (Å²) in [6, 6.07) is 4.35. The number of carboxylic acid groups (broad SMARTS) is 1. The van der Waals surface area contributed by atoms with Gasteiger partial charge in [-0.3, -0.25) is 0 Å². The molecule has 1 aromatic rings. The Bertz CT molecular complexity index is 356. The fourth-order valence-corrected chi connectivity index (χ4v) is 1.17. The third-order valence-electron chi connectivity index (χ3n) is 1.27. The van der Waals surface area contributed by atoms with Gasteiger partial charge >= 0.3 is 13.3 Å². The van der Waals surface area contributed by atoms with Gasteiger partial charge in [-0.2, -0.15) is 0 Å². The second-order valence-electron chi connectivity index (χ2n) is 2.35. The second-order valence-corrected chi connectivity index (χ2v) is 2.91. The van der Waals surface area contributed by atoms with Crippen LogP contribution in [0.1, 0.15) is 10.4 Å². The zero-order valence-corrected chi connectivity index (χ0v) is 9.18. The van der Waals surface area contributed by atoms with Crippen LogP contribution in [0.4, 0.5) is 0 Å². The minimum absolute atomic E-state index is 0.0340. The van der Waals surface area contributed by atoms with Crippen molar-refractivity contribution < 1.29 is 29.3 Å². The molecule has 6 nitrogen and oxygen atoms in total. The molecule has 0 saturated heterocycles. The van der Waals surface area contributed by atoms with E-state index in [9.17, 15) is 4.79 Å². The second kappa shape index (κ2) is 7.31.